The summed E-state index contributed by atoms with van der Waals surface area (Å²) in [6, 6.07) is 0. The summed E-state index contributed by atoms with van der Waals surface area (Å²) in [5.74, 6) is 0. The minimum absolute atomic E-state index is 0.0394. The minimum Gasteiger partial charge on any atom is -0.403 e. The van der Waals surface area contributed by atoms with Crippen LogP contribution in [0.3, 0.4) is 0 Å². The van der Waals surface area contributed by atoms with E-state index in [0.29, 0.717) is 0 Å². The van der Waals surface area contributed by atoms with Crippen LogP contribution in [-0.2, 0) is 18.6 Å². The molecule has 0 amide bonds. The molecule has 3 fully saturated rings. The van der Waals surface area contributed by atoms with E-state index in [4.69, 9.17) is 18.6 Å². The van der Waals surface area contributed by atoms with E-state index < -0.39 is 0 Å². The number of hydrogen-bond donors (Lipinski definition) is 0. The second kappa shape index (κ2) is 4.33. The Kier molecular flexibility index (Phi) is 3.00. The molecular weight excluding hydrogens is 206 g/mol. The lowest BCUT2D eigenvalue weighted by molar-refractivity contribution is -0.106. The van der Waals surface area contributed by atoms with Crippen LogP contribution in [0.25, 0.3) is 0 Å². The van der Waals surface area contributed by atoms with Gasteiger partial charge in [-0.25, -0.2) is 0 Å². The van der Waals surface area contributed by atoms with Gasteiger partial charge in [0.25, 0.3) is 0 Å². The fraction of sp³-hybridized carbons (Fsp3) is 1.00. The molecule has 3 aliphatic rings. The van der Waals surface area contributed by atoms with Crippen molar-refractivity contribution in [3.8, 4) is 0 Å². The normalized spacial score (nSPS) is 40.9. The maximum atomic E-state index is 5.81. The van der Waals surface area contributed by atoms with E-state index in [9.17, 15) is 0 Å². The third-order valence-corrected chi connectivity index (χ3v) is 3.58. The van der Waals surface area contributed by atoms with Crippen molar-refractivity contribution in [2.24, 2.45) is 0 Å². The van der Waals surface area contributed by atoms with Crippen molar-refractivity contribution < 1.29 is 18.6 Å². The molecule has 0 unspecified atom stereocenters. The quantitative estimate of drug-likeness (QED) is 0.675. The largest absolute Gasteiger partial charge is 0.457 e. The Morgan fingerprint density at radius 1 is 0.688 bits per heavy atom. The third kappa shape index (κ3) is 1.63. The maximum absolute atomic E-state index is 5.81. The van der Waals surface area contributed by atoms with E-state index in [1.165, 1.54) is 0 Å². The summed E-state index contributed by atoms with van der Waals surface area (Å²) in [6.07, 6.45) is 4.55. The lowest BCUT2D eigenvalue weighted by Crippen LogP contribution is -2.60. The van der Waals surface area contributed by atoms with Crippen molar-refractivity contribution in [2.45, 2.75) is 63.7 Å². The van der Waals surface area contributed by atoms with Gasteiger partial charge in [0.05, 0.1) is 24.4 Å². The molecule has 2 heterocycles. The van der Waals surface area contributed by atoms with E-state index in [-0.39, 0.29) is 38.7 Å². The van der Waals surface area contributed by atoms with E-state index in [2.05, 4.69) is 13.8 Å². The lowest BCUT2D eigenvalue weighted by atomic mass is 9.83. The van der Waals surface area contributed by atoms with Crippen LogP contribution in [0.5, 0.6) is 0 Å². The highest BCUT2D eigenvalue weighted by atomic mass is 16.7. The van der Waals surface area contributed by atoms with Gasteiger partial charge in [0, 0.05) is 0 Å². The van der Waals surface area contributed by atoms with Gasteiger partial charge in [-0.1, -0.05) is 26.7 Å². The first-order valence-electron chi connectivity index (χ1n) is 6.45. The highest BCUT2D eigenvalue weighted by Gasteiger charge is 2.64. The predicted octanol–water partition coefficient (Wildman–Crippen LogP) is 1.36. The summed E-state index contributed by atoms with van der Waals surface area (Å²) in [7, 11) is -0.0788. The first kappa shape index (κ1) is 11.1. The van der Waals surface area contributed by atoms with Crippen LogP contribution in [0, 0.1) is 0 Å². The van der Waals surface area contributed by atoms with Crippen molar-refractivity contribution >= 4 is 14.2 Å². The predicted molar refractivity (Wildman–Crippen MR) is 61.2 cm³/mol. The molecule has 0 bridgehead atoms. The summed E-state index contributed by atoms with van der Waals surface area (Å²) in [4.78, 5) is 0. The van der Waals surface area contributed by atoms with Crippen LogP contribution < -0.4 is 0 Å². The van der Waals surface area contributed by atoms with Gasteiger partial charge >= 0.3 is 14.2 Å². The molecule has 0 radical (unpaired) electrons. The van der Waals surface area contributed by atoms with Gasteiger partial charge < -0.3 is 18.6 Å². The second-order valence-corrected chi connectivity index (χ2v) is 4.84. The average molecular weight is 224 g/mol. The monoisotopic (exact) mass is 224 g/mol. The molecule has 0 atom stereocenters. The van der Waals surface area contributed by atoms with Crippen LogP contribution in [0.4, 0.5) is 0 Å². The zero-order chi connectivity index (χ0) is 11.1. The molecule has 0 spiro atoms. The molecule has 1 aliphatic carbocycles. The Balaban J connectivity index is 1.56. The van der Waals surface area contributed by atoms with Gasteiger partial charge in [-0.15, -0.1) is 0 Å². The van der Waals surface area contributed by atoms with Crippen LogP contribution in [-0.4, -0.2) is 38.7 Å². The van der Waals surface area contributed by atoms with Crippen molar-refractivity contribution in [2.75, 3.05) is 0 Å². The SMILES string of the molecule is CCCB1OC2C(O1)C1OB(CCC)OC21. The van der Waals surface area contributed by atoms with Crippen LogP contribution in [0.2, 0.25) is 12.6 Å². The van der Waals surface area contributed by atoms with Gasteiger partial charge in [-0.2, -0.15) is 0 Å². The molecule has 0 aromatic carbocycles. The molecule has 1 saturated carbocycles. The van der Waals surface area contributed by atoms with E-state index in [1.54, 1.807) is 0 Å². The molecule has 0 N–H and O–H groups in total. The van der Waals surface area contributed by atoms with Gasteiger partial charge in [0.1, 0.15) is 0 Å². The van der Waals surface area contributed by atoms with Gasteiger partial charge in [0.15, 0.2) is 0 Å². The highest BCUT2D eigenvalue weighted by Crippen LogP contribution is 2.43. The molecule has 3 rings (SSSR count). The number of fused-ring (bicyclic) bond motifs is 4. The smallest absolute Gasteiger partial charge is 0.403 e. The summed E-state index contributed by atoms with van der Waals surface area (Å²) in [5, 5.41) is 0. The van der Waals surface area contributed by atoms with Crippen LogP contribution >= 0.6 is 0 Å². The molecule has 4 nitrogen and oxygen atoms in total. The fourth-order valence-electron chi connectivity index (χ4n) is 2.73. The van der Waals surface area contributed by atoms with Crippen LogP contribution in [0.15, 0.2) is 0 Å². The summed E-state index contributed by atoms with van der Waals surface area (Å²) in [5.41, 5.74) is 0. The molecule has 16 heavy (non-hydrogen) atoms. The minimum atomic E-state index is -0.0394. The first-order valence-corrected chi connectivity index (χ1v) is 6.45. The Morgan fingerprint density at radius 2 is 1.00 bits per heavy atom. The van der Waals surface area contributed by atoms with Gasteiger partial charge in [-0.3, -0.25) is 0 Å². The Morgan fingerprint density at radius 3 is 1.25 bits per heavy atom. The van der Waals surface area contributed by atoms with Crippen LogP contribution in [0.1, 0.15) is 26.7 Å². The highest BCUT2D eigenvalue weighted by molar-refractivity contribution is 6.46. The third-order valence-electron chi connectivity index (χ3n) is 3.58. The van der Waals surface area contributed by atoms with Crippen molar-refractivity contribution in [3.05, 3.63) is 0 Å². The zero-order valence-electron chi connectivity index (χ0n) is 9.93. The van der Waals surface area contributed by atoms with Crippen molar-refractivity contribution in [1.29, 1.82) is 0 Å². The van der Waals surface area contributed by atoms with Crippen molar-refractivity contribution in [1.82, 2.24) is 0 Å². The Bertz CT molecular complexity index is 211. The Labute approximate surface area is 97.2 Å². The molecular formula is C10H18B2O4. The fourth-order valence-corrected chi connectivity index (χ4v) is 2.73. The zero-order valence-corrected chi connectivity index (χ0v) is 9.93. The molecule has 6 heteroatoms. The number of hydrogen-bond acceptors (Lipinski definition) is 4. The van der Waals surface area contributed by atoms with Gasteiger partial charge in [0.2, 0.25) is 0 Å². The molecule has 0 aromatic heterocycles. The van der Waals surface area contributed by atoms with E-state index in [1.807, 2.05) is 0 Å². The molecule has 88 valence electrons. The van der Waals surface area contributed by atoms with E-state index in [0.717, 1.165) is 25.5 Å². The average Bonchev–Trinajstić information content (AvgIpc) is 2.79. The summed E-state index contributed by atoms with van der Waals surface area (Å²) < 4.78 is 23.3. The molecule has 2 saturated heterocycles. The van der Waals surface area contributed by atoms with Gasteiger partial charge in [-0.05, 0) is 12.6 Å². The van der Waals surface area contributed by atoms with E-state index >= 15 is 0 Å². The lowest BCUT2D eigenvalue weighted by Gasteiger charge is -2.40. The molecule has 0 aromatic rings. The topological polar surface area (TPSA) is 36.9 Å². The maximum Gasteiger partial charge on any atom is 0.457 e. The number of rotatable bonds is 4. The molecule has 2 aliphatic heterocycles. The second-order valence-electron chi connectivity index (χ2n) is 4.84. The standard InChI is InChI=1S/C10H18B2O4/c1-3-5-11-13-7-8(14-11)10-9(7)15-12(16-10)6-4-2/h7-10H,3-6H2,1-2H3. The summed E-state index contributed by atoms with van der Waals surface area (Å²) in [6.45, 7) is 4.27. The first-order chi connectivity index (χ1) is 7.83. The van der Waals surface area contributed by atoms with Crippen molar-refractivity contribution in [3.63, 3.8) is 0 Å². The summed E-state index contributed by atoms with van der Waals surface area (Å²) >= 11 is 0. The Hall–Kier alpha value is -0.0301.